The van der Waals surface area contributed by atoms with Crippen LogP contribution in [-0.2, 0) is 0 Å². The number of nitrogens with two attached hydrogens (primary N) is 1. The standard InChI is InChI=1S/C12H25N3/c1-4-10(8-11(13)14)15-7-5-6-12(2,3)9-15/h10H,4-9H2,1-3H3,(H3,13,14). The molecule has 0 saturated carbocycles. The molecule has 0 aliphatic carbocycles. The first kappa shape index (κ1) is 12.5. The van der Waals surface area contributed by atoms with Crippen LogP contribution in [0.4, 0.5) is 0 Å². The summed E-state index contributed by atoms with van der Waals surface area (Å²) in [6.07, 6.45) is 4.42. The minimum atomic E-state index is 0.324. The van der Waals surface area contributed by atoms with E-state index in [9.17, 15) is 0 Å². The van der Waals surface area contributed by atoms with Crippen LogP contribution in [0.2, 0.25) is 0 Å². The van der Waals surface area contributed by atoms with Gasteiger partial charge in [-0.15, -0.1) is 0 Å². The fourth-order valence-electron chi connectivity index (χ4n) is 2.57. The van der Waals surface area contributed by atoms with Crippen molar-refractivity contribution < 1.29 is 0 Å². The molecular formula is C12H25N3. The van der Waals surface area contributed by atoms with E-state index in [1.165, 1.54) is 19.4 Å². The minimum Gasteiger partial charge on any atom is -0.388 e. The van der Waals surface area contributed by atoms with Crippen LogP contribution in [0.15, 0.2) is 0 Å². The van der Waals surface area contributed by atoms with Gasteiger partial charge in [0.1, 0.15) is 0 Å². The Morgan fingerprint density at radius 1 is 1.53 bits per heavy atom. The second-order valence-corrected chi connectivity index (χ2v) is 5.53. The van der Waals surface area contributed by atoms with E-state index in [-0.39, 0.29) is 0 Å². The Hall–Kier alpha value is -0.570. The number of likely N-dealkylation sites (tertiary alicyclic amines) is 1. The van der Waals surface area contributed by atoms with E-state index in [0.29, 0.717) is 17.3 Å². The molecule has 0 spiro atoms. The monoisotopic (exact) mass is 211 g/mol. The van der Waals surface area contributed by atoms with Crippen LogP contribution >= 0.6 is 0 Å². The van der Waals surface area contributed by atoms with E-state index in [4.69, 9.17) is 11.1 Å². The smallest absolute Gasteiger partial charge is 0.0921 e. The number of rotatable bonds is 4. The highest BCUT2D eigenvalue weighted by Crippen LogP contribution is 2.30. The maximum absolute atomic E-state index is 7.40. The molecular weight excluding hydrogens is 186 g/mol. The number of nitrogens with zero attached hydrogens (tertiary/aromatic N) is 1. The Morgan fingerprint density at radius 3 is 2.67 bits per heavy atom. The van der Waals surface area contributed by atoms with Crippen LogP contribution in [-0.4, -0.2) is 29.9 Å². The Bertz CT molecular complexity index is 223. The van der Waals surface area contributed by atoms with Crippen LogP contribution in [0.3, 0.4) is 0 Å². The van der Waals surface area contributed by atoms with E-state index >= 15 is 0 Å². The third-order valence-corrected chi connectivity index (χ3v) is 3.37. The molecule has 3 heteroatoms. The SMILES string of the molecule is CCC(CC(=N)N)N1CCCC(C)(C)C1. The van der Waals surface area contributed by atoms with Crippen molar-refractivity contribution in [2.45, 2.75) is 52.5 Å². The molecule has 1 fully saturated rings. The number of hydrogen-bond acceptors (Lipinski definition) is 2. The van der Waals surface area contributed by atoms with Gasteiger partial charge in [0.25, 0.3) is 0 Å². The molecule has 0 aromatic rings. The third-order valence-electron chi connectivity index (χ3n) is 3.37. The van der Waals surface area contributed by atoms with Crippen molar-refractivity contribution in [3.63, 3.8) is 0 Å². The number of hydrogen-bond donors (Lipinski definition) is 2. The quantitative estimate of drug-likeness (QED) is 0.553. The van der Waals surface area contributed by atoms with Gasteiger partial charge in [-0.25, -0.2) is 0 Å². The van der Waals surface area contributed by atoms with Crippen LogP contribution in [0.25, 0.3) is 0 Å². The lowest BCUT2D eigenvalue weighted by Gasteiger charge is -2.42. The lowest BCUT2D eigenvalue weighted by atomic mass is 9.83. The summed E-state index contributed by atoms with van der Waals surface area (Å²) in [6, 6.07) is 0.474. The summed E-state index contributed by atoms with van der Waals surface area (Å²) in [7, 11) is 0. The molecule has 3 N–H and O–H groups in total. The molecule has 0 bridgehead atoms. The topological polar surface area (TPSA) is 53.1 Å². The van der Waals surface area contributed by atoms with Crippen molar-refractivity contribution in [1.29, 1.82) is 5.41 Å². The maximum Gasteiger partial charge on any atom is 0.0921 e. The van der Waals surface area contributed by atoms with Crippen LogP contribution < -0.4 is 5.73 Å². The summed E-state index contributed by atoms with van der Waals surface area (Å²) >= 11 is 0. The Kier molecular flexibility index (Phi) is 4.14. The van der Waals surface area contributed by atoms with Crippen molar-refractivity contribution in [3.05, 3.63) is 0 Å². The molecule has 0 radical (unpaired) electrons. The van der Waals surface area contributed by atoms with Gasteiger partial charge in [0.15, 0.2) is 0 Å². The van der Waals surface area contributed by atoms with Crippen LogP contribution in [0, 0.1) is 10.8 Å². The summed E-state index contributed by atoms with van der Waals surface area (Å²) in [4.78, 5) is 2.52. The predicted molar refractivity (Wildman–Crippen MR) is 65.2 cm³/mol. The lowest BCUT2D eigenvalue weighted by Crippen LogP contribution is -2.46. The molecule has 0 amide bonds. The van der Waals surface area contributed by atoms with Gasteiger partial charge < -0.3 is 5.73 Å². The zero-order chi connectivity index (χ0) is 11.5. The molecule has 1 aliphatic rings. The first-order chi connectivity index (χ1) is 6.94. The maximum atomic E-state index is 7.40. The molecule has 1 heterocycles. The molecule has 88 valence electrons. The van der Waals surface area contributed by atoms with Crippen molar-refractivity contribution in [3.8, 4) is 0 Å². The third kappa shape index (κ3) is 3.82. The predicted octanol–water partition coefficient (Wildman–Crippen LogP) is 2.21. The normalized spacial score (nSPS) is 23.7. The second kappa shape index (κ2) is 4.97. The fraction of sp³-hybridized carbons (Fsp3) is 0.917. The molecule has 0 aromatic carbocycles. The highest BCUT2D eigenvalue weighted by molar-refractivity contribution is 5.77. The fourth-order valence-corrected chi connectivity index (χ4v) is 2.57. The van der Waals surface area contributed by atoms with Gasteiger partial charge in [-0.1, -0.05) is 20.8 Å². The average molecular weight is 211 g/mol. The second-order valence-electron chi connectivity index (χ2n) is 5.53. The zero-order valence-corrected chi connectivity index (χ0v) is 10.3. The van der Waals surface area contributed by atoms with Crippen molar-refractivity contribution in [2.24, 2.45) is 11.1 Å². The summed E-state index contributed by atoms with van der Waals surface area (Å²) in [6.45, 7) is 9.18. The van der Waals surface area contributed by atoms with Gasteiger partial charge in [0.2, 0.25) is 0 Å². The van der Waals surface area contributed by atoms with Gasteiger partial charge in [-0.2, -0.15) is 0 Å². The van der Waals surface area contributed by atoms with Gasteiger partial charge >= 0.3 is 0 Å². The zero-order valence-electron chi connectivity index (χ0n) is 10.3. The van der Waals surface area contributed by atoms with E-state index < -0.39 is 0 Å². The first-order valence-electron chi connectivity index (χ1n) is 6.01. The minimum absolute atomic E-state index is 0.324. The highest BCUT2D eigenvalue weighted by atomic mass is 15.2. The van der Waals surface area contributed by atoms with E-state index in [2.05, 4.69) is 25.7 Å². The van der Waals surface area contributed by atoms with Crippen molar-refractivity contribution in [1.82, 2.24) is 4.90 Å². The van der Waals surface area contributed by atoms with Gasteiger partial charge in [0.05, 0.1) is 5.84 Å². The molecule has 0 aromatic heterocycles. The molecule has 1 atom stereocenters. The highest BCUT2D eigenvalue weighted by Gasteiger charge is 2.29. The van der Waals surface area contributed by atoms with Crippen LogP contribution in [0.1, 0.15) is 46.5 Å². The molecule has 1 unspecified atom stereocenters. The molecule has 1 rings (SSSR count). The molecule has 3 nitrogen and oxygen atoms in total. The van der Waals surface area contributed by atoms with Crippen molar-refractivity contribution in [2.75, 3.05) is 13.1 Å². The summed E-state index contributed by atoms with van der Waals surface area (Å²) < 4.78 is 0. The summed E-state index contributed by atoms with van der Waals surface area (Å²) in [5, 5.41) is 7.40. The number of nitrogens with one attached hydrogen (secondary N) is 1. The first-order valence-corrected chi connectivity index (χ1v) is 6.01. The number of amidine groups is 1. The number of piperidine rings is 1. The lowest BCUT2D eigenvalue weighted by molar-refractivity contribution is 0.0785. The van der Waals surface area contributed by atoms with E-state index in [0.717, 1.165) is 19.4 Å². The van der Waals surface area contributed by atoms with E-state index in [1.54, 1.807) is 0 Å². The summed E-state index contributed by atoms with van der Waals surface area (Å²) in [5.41, 5.74) is 5.93. The van der Waals surface area contributed by atoms with Gasteiger partial charge in [-0.05, 0) is 31.2 Å². The largest absolute Gasteiger partial charge is 0.388 e. The van der Waals surface area contributed by atoms with Gasteiger partial charge in [-0.3, -0.25) is 10.3 Å². The van der Waals surface area contributed by atoms with Gasteiger partial charge in [0, 0.05) is 19.0 Å². The Labute approximate surface area is 93.5 Å². The average Bonchev–Trinajstić information content (AvgIpc) is 2.12. The summed E-state index contributed by atoms with van der Waals surface area (Å²) in [5.74, 6) is 0.324. The molecule has 1 saturated heterocycles. The van der Waals surface area contributed by atoms with Crippen molar-refractivity contribution >= 4 is 5.84 Å². The van der Waals surface area contributed by atoms with E-state index in [1.807, 2.05) is 0 Å². The molecule has 15 heavy (non-hydrogen) atoms. The Morgan fingerprint density at radius 2 is 2.20 bits per heavy atom. The molecule has 1 aliphatic heterocycles. The van der Waals surface area contributed by atoms with Crippen LogP contribution in [0.5, 0.6) is 0 Å². The Balaban J connectivity index is 2.56.